The molecular formula is C17H18BrNO3. The van der Waals surface area contributed by atoms with Crippen LogP contribution in [0.25, 0.3) is 10.8 Å². The first kappa shape index (κ1) is 16.5. The SMILES string of the molecule is CC[C@](C)(NC(=O)c1ccc2ccccc2c1Br)C(=O)OC. The van der Waals surface area contributed by atoms with Crippen molar-refractivity contribution in [1.29, 1.82) is 0 Å². The molecule has 0 saturated carbocycles. The number of methoxy groups -OCH3 is 1. The molecule has 0 bridgehead atoms. The van der Waals surface area contributed by atoms with Crippen LogP contribution in [0.2, 0.25) is 0 Å². The van der Waals surface area contributed by atoms with Crippen molar-refractivity contribution in [3.05, 3.63) is 46.4 Å². The van der Waals surface area contributed by atoms with Crippen molar-refractivity contribution < 1.29 is 14.3 Å². The highest BCUT2D eigenvalue weighted by atomic mass is 79.9. The van der Waals surface area contributed by atoms with E-state index >= 15 is 0 Å². The van der Waals surface area contributed by atoms with Gasteiger partial charge in [-0.3, -0.25) is 4.79 Å². The number of ether oxygens (including phenoxy) is 1. The summed E-state index contributed by atoms with van der Waals surface area (Å²) in [5.74, 6) is -0.771. The van der Waals surface area contributed by atoms with E-state index in [4.69, 9.17) is 4.74 Å². The van der Waals surface area contributed by atoms with Crippen molar-refractivity contribution in [3.63, 3.8) is 0 Å². The third-order valence-corrected chi connectivity index (χ3v) is 4.69. The van der Waals surface area contributed by atoms with Crippen LogP contribution in [-0.2, 0) is 9.53 Å². The van der Waals surface area contributed by atoms with E-state index in [0.29, 0.717) is 16.5 Å². The number of amides is 1. The summed E-state index contributed by atoms with van der Waals surface area (Å²) in [6.07, 6.45) is 0.441. The van der Waals surface area contributed by atoms with E-state index in [2.05, 4.69) is 21.2 Å². The van der Waals surface area contributed by atoms with Gasteiger partial charge in [0.25, 0.3) is 5.91 Å². The van der Waals surface area contributed by atoms with E-state index < -0.39 is 11.5 Å². The second kappa shape index (κ2) is 6.48. The number of carbonyl (C=O) groups excluding carboxylic acids is 2. The molecule has 0 unspecified atom stereocenters. The number of rotatable bonds is 4. The molecule has 1 atom stereocenters. The number of benzene rings is 2. The summed E-state index contributed by atoms with van der Waals surface area (Å²) in [7, 11) is 1.31. The second-order valence-electron chi connectivity index (χ2n) is 5.28. The first-order valence-electron chi connectivity index (χ1n) is 7.01. The normalized spacial score (nSPS) is 13.5. The molecule has 0 aromatic heterocycles. The van der Waals surface area contributed by atoms with Crippen molar-refractivity contribution in [3.8, 4) is 0 Å². The van der Waals surface area contributed by atoms with Gasteiger partial charge in [0.1, 0.15) is 5.54 Å². The molecule has 116 valence electrons. The third-order valence-electron chi connectivity index (χ3n) is 3.84. The molecule has 0 fully saturated rings. The third kappa shape index (κ3) is 2.99. The molecule has 0 saturated heterocycles. The van der Waals surface area contributed by atoms with Crippen LogP contribution in [0.3, 0.4) is 0 Å². The Morgan fingerprint density at radius 1 is 1.23 bits per heavy atom. The summed E-state index contributed by atoms with van der Waals surface area (Å²) in [6.45, 7) is 3.48. The lowest BCUT2D eigenvalue weighted by Crippen LogP contribution is -2.52. The maximum atomic E-state index is 12.6. The summed E-state index contributed by atoms with van der Waals surface area (Å²) in [5, 5.41) is 4.76. The molecule has 0 aliphatic carbocycles. The minimum Gasteiger partial charge on any atom is -0.467 e. The zero-order valence-corrected chi connectivity index (χ0v) is 14.4. The van der Waals surface area contributed by atoms with Crippen LogP contribution < -0.4 is 5.32 Å². The summed E-state index contributed by atoms with van der Waals surface area (Å²) < 4.78 is 5.49. The van der Waals surface area contributed by atoms with Gasteiger partial charge >= 0.3 is 5.97 Å². The Labute approximate surface area is 138 Å². The number of fused-ring (bicyclic) bond motifs is 1. The van der Waals surface area contributed by atoms with E-state index in [0.717, 1.165) is 10.8 Å². The van der Waals surface area contributed by atoms with Crippen LogP contribution >= 0.6 is 15.9 Å². The van der Waals surface area contributed by atoms with Crippen molar-refractivity contribution in [2.75, 3.05) is 7.11 Å². The maximum Gasteiger partial charge on any atom is 0.331 e. The molecule has 1 amide bonds. The molecule has 0 aliphatic heterocycles. The highest BCUT2D eigenvalue weighted by Gasteiger charge is 2.34. The maximum absolute atomic E-state index is 12.6. The molecule has 2 aromatic carbocycles. The molecule has 0 radical (unpaired) electrons. The summed E-state index contributed by atoms with van der Waals surface area (Å²) in [6, 6.07) is 11.4. The van der Waals surface area contributed by atoms with Crippen molar-refractivity contribution in [2.24, 2.45) is 0 Å². The fourth-order valence-electron chi connectivity index (χ4n) is 2.24. The highest BCUT2D eigenvalue weighted by Crippen LogP contribution is 2.28. The van der Waals surface area contributed by atoms with E-state index in [9.17, 15) is 9.59 Å². The Morgan fingerprint density at radius 2 is 1.91 bits per heavy atom. The average molecular weight is 364 g/mol. The van der Waals surface area contributed by atoms with Gasteiger partial charge in [-0.05, 0) is 46.1 Å². The molecule has 5 heteroatoms. The molecule has 4 nitrogen and oxygen atoms in total. The molecule has 0 heterocycles. The Kier molecular flexibility index (Phi) is 4.86. The Bertz CT molecular complexity index is 729. The number of halogens is 1. The average Bonchev–Trinajstić information content (AvgIpc) is 2.54. The summed E-state index contributed by atoms with van der Waals surface area (Å²) in [4.78, 5) is 24.4. The molecule has 22 heavy (non-hydrogen) atoms. The Morgan fingerprint density at radius 3 is 2.55 bits per heavy atom. The van der Waals surface area contributed by atoms with Crippen LogP contribution in [0.4, 0.5) is 0 Å². The number of carbonyl (C=O) groups is 2. The van der Waals surface area contributed by atoms with Crippen LogP contribution in [-0.4, -0.2) is 24.5 Å². The fraction of sp³-hybridized carbons (Fsp3) is 0.294. The molecular weight excluding hydrogens is 346 g/mol. The topological polar surface area (TPSA) is 55.4 Å². The van der Waals surface area contributed by atoms with Crippen molar-refractivity contribution >= 4 is 38.6 Å². The molecule has 2 rings (SSSR count). The number of hydrogen-bond donors (Lipinski definition) is 1. The minimum absolute atomic E-state index is 0.313. The van der Waals surface area contributed by atoms with E-state index in [1.165, 1.54) is 7.11 Å². The lowest BCUT2D eigenvalue weighted by Gasteiger charge is -2.26. The van der Waals surface area contributed by atoms with Gasteiger partial charge in [0.2, 0.25) is 0 Å². The zero-order valence-electron chi connectivity index (χ0n) is 12.8. The van der Waals surface area contributed by atoms with Gasteiger partial charge in [0, 0.05) is 4.47 Å². The number of nitrogens with one attached hydrogen (secondary N) is 1. The molecule has 0 aliphatic rings. The van der Waals surface area contributed by atoms with E-state index in [1.54, 1.807) is 13.0 Å². The number of hydrogen-bond acceptors (Lipinski definition) is 3. The van der Waals surface area contributed by atoms with Crippen LogP contribution in [0.5, 0.6) is 0 Å². The van der Waals surface area contributed by atoms with Crippen LogP contribution in [0, 0.1) is 0 Å². The first-order valence-corrected chi connectivity index (χ1v) is 7.80. The van der Waals surface area contributed by atoms with Gasteiger partial charge < -0.3 is 10.1 Å². The first-order chi connectivity index (χ1) is 10.4. The lowest BCUT2D eigenvalue weighted by molar-refractivity contribution is -0.147. The monoisotopic (exact) mass is 363 g/mol. The zero-order chi connectivity index (χ0) is 16.3. The van der Waals surface area contributed by atoms with Crippen LogP contribution in [0.1, 0.15) is 30.6 Å². The summed E-state index contributed by atoms with van der Waals surface area (Å²) >= 11 is 3.49. The van der Waals surface area contributed by atoms with E-state index in [-0.39, 0.29) is 5.91 Å². The largest absolute Gasteiger partial charge is 0.467 e. The quantitative estimate of drug-likeness (QED) is 0.843. The van der Waals surface area contributed by atoms with Gasteiger partial charge in [0.05, 0.1) is 12.7 Å². The van der Waals surface area contributed by atoms with Crippen LogP contribution in [0.15, 0.2) is 40.9 Å². The van der Waals surface area contributed by atoms with E-state index in [1.807, 2.05) is 37.3 Å². The van der Waals surface area contributed by atoms with Gasteiger partial charge in [0.15, 0.2) is 0 Å². The Balaban J connectivity index is 2.38. The second-order valence-corrected chi connectivity index (χ2v) is 6.07. The standard InChI is InChI=1S/C17H18BrNO3/c1-4-17(2,16(21)22-3)19-15(20)13-10-9-11-7-5-6-8-12(11)14(13)18/h5-10H,4H2,1-3H3,(H,19,20)/t17-/m0/s1. The minimum atomic E-state index is -1.04. The van der Waals surface area contributed by atoms with Crippen molar-refractivity contribution in [1.82, 2.24) is 5.32 Å². The molecule has 1 N–H and O–H groups in total. The van der Waals surface area contributed by atoms with Gasteiger partial charge in [-0.15, -0.1) is 0 Å². The number of esters is 1. The fourth-order valence-corrected chi connectivity index (χ4v) is 2.91. The highest BCUT2D eigenvalue weighted by molar-refractivity contribution is 9.10. The molecule has 0 spiro atoms. The predicted octanol–water partition coefficient (Wildman–Crippen LogP) is 3.67. The molecule has 2 aromatic rings. The smallest absolute Gasteiger partial charge is 0.331 e. The van der Waals surface area contributed by atoms with Gasteiger partial charge in [-0.1, -0.05) is 37.3 Å². The predicted molar refractivity (Wildman–Crippen MR) is 89.8 cm³/mol. The van der Waals surface area contributed by atoms with Gasteiger partial charge in [-0.25, -0.2) is 4.79 Å². The lowest BCUT2D eigenvalue weighted by atomic mass is 9.98. The van der Waals surface area contributed by atoms with Crippen molar-refractivity contribution in [2.45, 2.75) is 25.8 Å². The van der Waals surface area contributed by atoms with Gasteiger partial charge in [-0.2, -0.15) is 0 Å². The summed E-state index contributed by atoms with van der Waals surface area (Å²) in [5.41, 5.74) is -0.557. The Hall–Kier alpha value is -1.88.